The second-order valence-corrected chi connectivity index (χ2v) is 1.99. The van der Waals surface area contributed by atoms with Crippen LogP contribution in [0.25, 0.3) is 5.65 Å². The van der Waals surface area contributed by atoms with E-state index < -0.39 is 0 Å². The first-order chi connectivity index (χ1) is 4.86. The summed E-state index contributed by atoms with van der Waals surface area (Å²) in [5, 5.41) is 3.96. The van der Waals surface area contributed by atoms with Crippen molar-refractivity contribution in [3.63, 3.8) is 0 Å². The first-order valence-electron chi connectivity index (χ1n) is 2.92. The lowest BCUT2D eigenvalue weighted by molar-refractivity contribution is 0.942. The Morgan fingerprint density at radius 2 is 2.30 bits per heavy atom. The van der Waals surface area contributed by atoms with Crippen LogP contribution in [-0.2, 0) is 0 Å². The van der Waals surface area contributed by atoms with Crippen molar-refractivity contribution in [2.24, 2.45) is 0 Å². The standard InChI is InChI=1S/C6H6N4/c7-5-2-4-10-6(9-5)1-3-8-10/h1-4H,(H2,7,9). The quantitative estimate of drug-likeness (QED) is 0.564. The van der Waals surface area contributed by atoms with Gasteiger partial charge in [0.15, 0.2) is 5.65 Å². The summed E-state index contributed by atoms with van der Waals surface area (Å²) in [6.07, 6.45) is 3.46. The molecule has 0 spiro atoms. The molecule has 0 atom stereocenters. The van der Waals surface area contributed by atoms with Gasteiger partial charge in [0.2, 0.25) is 0 Å². The van der Waals surface area contributed by atoms with E-state index in [9.17, 15) is 0 Å². The molecule has 0 bridgehead atoms. The van der Waals surface area contributed by atoms with Gasteiger partial charge in [-0.2, -0.15) is 5.10 Å². The predicted octanol–water partition coefficient (Wildman–Crippen LogP) is 0.311. The highest BCUT2D eigenvalue weighted by Crippen LogP contribution is 2.00. The summed E-state index contributed by atoms with van der Waals surface area (Å²) in [7, 11) is 0. The van der Waals surface area contributed by atoms with Crippen molar-refractivity contribution in [2.45, 2.75) is 0 Å². The molecule has 50 valence electrons. The van der Waals surface area contributed by atoms with Crippen LogP contribution in [0.1, 0.15) is 0 Å². The molecule has 2 rings (SSSR count). The molecule has 0 aromatic carbocycles. The summed E-state index contributed by atoms with van der Waals surface area (Å²) in [6, 6.07) is 3.51. The number of rotatable bonds is 0. The molecular weight excluding hydrogens is 128 g/mol. The molecule has 0 aliphatic rings. The van der Waals surface area contributed by atoms with Gasteiger partial charge in [0.05, 0.1) is 6.20 Å². The van der Waals surface area contributed by atoms with E-state index in [2.05, 4.69) is 10.1 Å². The Morgan fingerprint density at radius 3 is 3.20 bits per heavy atom. The summed E-state index contributed by atoms with van der Waals surface area (Å²) >= 11 is 0. The highest BCUT2D eigenvalue weighted by atomic mass is 15.2. The van der Waals surface area contributed by atoms with Crippen LogP contribution in [0.2, 0.25) is 0 Å². The van der Waals surface area contributed by atoms with Gasteiger partial charge in [-0.25, -0.2) is 9.50 Å². The number of fused-ring (bicyclic) bond motifs is 1. The van der Waals surface area contributed by atoms with Crippen molar-refractivity contribution >= 4 is 11.5 Å². The molecule has 10 heavy (non-hydrogen) atoms. The zero-order valence-corrected chi connectivity index (χ0v) is 5.23. The van der Waals surface area contributed by atoms with Crippen LogP contribution in [0.15, 0.2) is 24.5 Å². The Labute approximate surface area is 57.3 Å². The second-order valence-electron chi connectivity index (χ2n) is 1.99. The van der Waals surface area contributed by atoms with Crippen LogP contribution < -0.4 is 5.73 Å². The molecule has 0 unspecified atom stereocenters. The molecule has 0 radical (unpaired) electrons. The van der Waals surface area contributed by atoms with Crippen LogP contribution in [0.5, 0.6) is 0 Å². The fourth-order valence-electron chi connectivity index (χ4n) is 0.827. The molecule has 0 aliphatic heterocycles. The molecule has 0 saturated carbocycles. The molecule has 0 saturated heterocycles. The summed E-state index contributed by atoms with van der Waals surface area (Å²) in [4.78, 5) is 4.01. The molecule has 0 amide bonds. The maximum Gasteiger partial charge on any atom is 0.157 e. The van der Waals surface area contributed by atoms with E-state index >= 15 is 0 Å². The van der Waals surface area contributed by atoms with Crippen LogP contribution in [0, 0.1) is 0 Å². The van der Waals surface area contributed by atoms with Crippen molar-refractivity contribution in [2.75, 3.05) is 5.73 Å². The lowest BCUT2D eigenvalue weighted by atomic mass is 10.6. The fraction of sp³-hybridized carbons (Fsp3) is 0. The number of nitrogen functional groups attached to an aromatic ring is 1. The minimum absolute atomic E-state index is 0.521. The zero-order valence-electron chi connectivity index (χ0n) is 5.23. The average Bonchev–Trinajstić information content (AvgIpc) is 2.33. The minimum atomic E-state index is 0.521. The average molecular weight is 134 g/mol. The van der Waals surface area contributed by atoms with Gasteiger partial charge in [0.1, 0.15) is 5.82 Å². The molecule has 2 aromatic heterocycles. The summed E-state index contributed by atoms with van der Waals surface area (Å²) in [5.41, 5.74) is 6.21. The van der Waals surface area contributed by atoms with Crippen LogP contribution in [0.3, 0.4) is 0 Å². The number of hydrogen-bond acceptors (Lipinski definition) is 3. The minimum Gasteiger partial charge on any atom is -0.384 e. The normalized spacial score (nSPS) is 10.4. The van der Waals surface area contributed by atoms with Crippen molar-refractivity contribution in [3.05, 3.63) is 24.5 Å². The van der Waals surface area contributed by atoms with E-state index in [-0.39, 0.29) is 0 Å². The third-order valence-electron chi connectivity index (χ3n) is 1.28. The van der Waals surface area contributed by atoms with Gasteiger partial charge in [-0.05, 0) is 6.07 Å². The molecule has 2 aromatic rings. The largest absolute Gasteiger partial charge is 0.384 e. The monoisotopic (exact) mass is 134 g/mol. The van der Waals surface area contributed by atoms with Gasteiger partial charge in [0, 0.05) is 12.3 Å². The Kier molecular flexibility index (Phi) is 0.887. The SMILES string of the molecule is Nc1ccn2nccc2n1. The Balaban J connectivity index is 2.86. The molecule has 0 fully saturated rings. The third kappa shape index (κ3) is 0.621. The lowest BCUT2D eigenvalue weighted by Crippen LogP contribution is -1.93. The number of nitrogens with zero attached hydrogens (tertiary/aromatic N) is 3. The molecule has 4 heteroatoms. The maximum atomic E-state index is 5.43. The van der Waals surface area contributed by atoms with Gasteiger partial charge < -0.3 is 5.73 Å². The Hall–Kier alpha value is -1.58. The van der Waals surface area contributed by atoms with Crippen LogP contribution in [0.4, 0.5) is 5.82 Å². The van der Waals surface area contributed by atoms with Gasteiger partial charge in [-0.1, -0.05) is 0 Å². The van der Waals surface area contributed by atoms with E-state index in [4.69, 9.17) is 5.73 Å². The van der Waals surface area contributed by atoms with Crippen molar-refractivity contribution in [1.29, 1.82) is 0 Å². The lowest BCUT2D eigenvalue weighted by Gasteiger charge is -1.91. The van der Waals surface area contributed by atoms with Crippen molar-refractivity contribution in [1.82, 2.24) is 14.6 Å². The topological polar surface area (TPSA) is 56.2 Å². The summed E-state index contributed by atoms with van der Waals surface area (Å²) < 4.78 is 1.66. The molecular formula is C6H6N4. The highest BCUT2D eigenvalue weighted by Gasteiger charge is 1.92. The van der Waals surface area contributed by atoms with Crippen LogP contribution >= 0.6 is 0 Å². The summed E-state index contributed by atoms with van der Waals surface area (Å²) in [6.45, 7) is 0. The Morgan fingerprint density at radius 1 is 1.40 bits per heavy atom. The summed E-state index contributed by atoms with van der Waals surface area (Å²) in [5.74, 6) is 0.521. The first kappa shape index (κ1) is 5.22. The zero-order chi connectivity index (χ0) is 6.97. The molecule has 4 nitrogen and oxygen atoms in total. The number of aromatic nitrogens is 3. The second kappa shape index (κ2) is 1.70. The van der Waals surface area contributed by atoms with Gasteiger partial charge in [-0.15, -0.1) is 0 Å². The van der Waals surface area contributed by atoms with Crippen LogP contribution in [-0.4, -0.2) is 14.6 Å². The van der Waals surface area contributed by atoms with Gasteiger partial charge >= 0.3 is 0 Å². The molecule has 2 heterocycles. The molecule has 0 aliphatic carbocycles. The first-order valence-corrected chi connectivity index (χ1v) is 2.92. The van der Waals surface area contributed by atoms with E-state index in [1.807, 2.05) is 0 Å². The van der Waals surface area contributed by atoms with Crippen molar-refractivity contribution in [3.8, 4) is 0 Å². The third-order valence-corrected chi connectivity index (χ3v) is 1.28. The predicted molar refractivity (Wildman–Crippen MR) is 37.4 cm³/mol. The van der Waals surface area contributed by atoms with E-state index in [0.29, 0.717) is 5.82 Å². The highest BCUT2D eigenvalue weighted by molar-refractivity contribution is 5.42. The number of hydrogen-bond donors (Lipinski definition) is 1. The fourth-order valence-corrected chi connectivity index (χ4v) is 0.827. The maximum absolute atomic E-state index is 5.43. The van der Waals surface area contributed by atoms with E-state index in [1.54, 1.807) is 29.0 Å². The smallest absolute Gasteiger partial charge is 0.157 e. The molecule has 2 N–H and O–H groups in total. The number of anilines is 1. The number of nitrogens with two attached hydrogens (primary N) is 1. The van der Waals surface area contributed by atoms with E-state index in [1.165, 1.54) is 0 Å². The Bertz CT molecular complexity index is 351. The van der Waals surface area contributed by atoms with Crippen molar-refractivity contribution < 1.29 is 0 Å². The van der Waals surface area contributed by atoms with E-state index in [0.717, 1.165) is 5.65 Å². The van der Waals surface area contributed by atoms with Gasteiger partial charge in [-0.3, -0.25) is 0 Å². The van der Waals surface area contributed by atoms with Gasteiger partial charge in [0.25, 0.3) is 0 Å².